The zero-order valence-electron chi connectivity index (χ0n) is 10.6. The molecule has 0 spiro atoms. The number of ether oxygens (including phenoxy) is 1. The van der Waals surface area contributed by atoms with Crippen molar-refractivity contribution >= 4 is 0 Å². The van der Waals surface area contributed by atoms with E-state index >= 15 is 0 Å². The molecule has 2 nitrogen and oxygen atoms in total. The lowest BCUT2D eigenvalue weighted by Gasteiger charge is -2.39. The van der Waals surface area contributed by atoms with Crippen molar-refractivity contribution in [1.82, 2.24) is 0 Å². The molecule has 90 valence electrons. The Balaban J connectivity index is 2.38. The second-order valence-corrected chi connectivity index (χ2v) is 5.62. The minimum atomic E-state index is 0.00650. The van der Waals surface area contributed by atoms with Crippen LogP contribution in [-0.2, 0) is 4.74 Å². The first-order valence-corrected chi connectivity index (χ1v) is 6.42. The maximum absolute atomic E-state index is 6.08. The first kappa shape index (κ1) is 13.0. The Hall–Kier alpha value is -0.0800. The Morgan fingerprint density at radius 2 is 2.20 bits per heavy atom. The van der Waals surface area contributed by atoms with Gasteiger partial charge in [-0.25, -0.2) is 0 Å². The number of hydrogen-bond acceptors (Lipinski definition) is 2. The van der Waals surface area contributed by atoms with Crippen LogP contribution in [0.25, 0.3) is 0 Å². The van der Waals surface area contributed by atoms with Gasteiger partial charge in [0.2, 0.25) is 0 Å². The summed E-state index contributed by atoms with van der Waals surface area (Å²) in [7, 11) is 0. The molecular formula is C13H27NO. The maximum Gasteiger partial charge on any atom is 0.0806 e. The van der Waals surface area contributed by atoms with Crippen LogP contribution in [-0.4, -0.2) is 18.8 Å². The number of rotatable bonds is 5. The lowest BCUT2D eigenvalue weighted by molar-refractivity contribution is -0.0772. The summed E-state index contributed by atoms with van der Waals surface area (Å²) in [6.07, 6.45) is 6.08. The molecule has 1 aliphatic carbocycles. The average molecular weight is 213 g/mol. The van der Waals surface area contributed by atoms with E-state index in [4.69, 9.17) is 10.5 Å². The quantitative estimate of drug-likeness (QED) is 0.762. The van der Waals surface area contributed by atoms with Gasteiger partial charge in [-0.3, -0.25) is 0 Å². The molecule has 2 unspecified atom stereocenters. The van der Waals surface area contributed by atoms with Crippen molar-refractivity contribution in [3.05, 3.63) is 0 Å². The summed E-state index contributed by atoms with van der Waals surface area (Å²) in [5, 5.41) is 0. The van der Waals surface area contributed by atoms with Crippen molar-refractivity contribution in [2.45, 2.75) is 58.5 Å². The van der Waals surface area contributed by atoms with Crippen molar-refractivity contribution in [2.75, 3.05) is 13.2 Å². The van der Waals surface area contributed by atoms with Gasteiger partial charge in [0.15, 0.2) is 0 Å². The van der Waals surface area contributed by atoms with Crippen molar-refractivity contribution in [3.8, 4) is 0 Å². The number of hydrogen-bond donors (Lipinski definition) is 1. The zero-order chi connectivity index (χ0) is 11.3. The van der Waals surface area contributed by atoms with E-state index in [0.29, 0.717) is 6.54 Å². The Morgan fingerprint density at radius 1 is 1.47 bits per heavy atom. The molecule has 0 aromatic rings. The van der Waals surface area contributed by atoms with Gasteiger partial charge in [-0.2, -0.15) is 0 Å². The molecule has 0 aliphatic heterocycles. The molecule has 15 heavy (non-hydrogen) atoms. The van der Waals surface area contributed by atoms with Crippen LogP contribution in [0.3, 0.4) is 0 Å². The molecule has 1 aliphatic rings. The predicted octanol–water partition coefficient (Wildman–Crippen LogP) is 2.96. The van der Waals surface area contributed by atoms with Gasteiger partial charge in [0.25, 0.3) is 0 Å². The summed E-state index contributed by atoms with van der Waals surface area (Å²) in [4.78, 5) is 0. The van der Waals surface area contributed by atoms with Crippen molar-refractivity contribution < 1.29 is 4.74 Å². The van der Waals surface area contributed by atoms with Crippen LogP contribution >= 0.6 is 0 Å². The molecule has 1 rings (SSSR count). The molecule has 2 heteroatoms. The summed E-state index contributed by atoms with van der Waals surface area (Å²) < 4.78 is 6.08. The molecule has 1 saturated carbocycles. The van der Waals surface area contributed by atoms with Gasteiger partial charge in [-0.05, 0) is 31.1 Å². The molecule has 0 bridgehead atoms. The van der Waals surface area contributed by atoms with Gasteiger partial charge in [-0.1, -0.05) is 33.6 Å². The second kappa shape index (κ2) is 5.86. The Bertz CT molecular complexity index is 181. The van der Waals surface area contributed by atoms with E-state index in [1.54, 1.807) is 0 Å². The highest BCUT2D eigenvalue weighted by molar-refractivity contribution is 4.88. The summed E-state index contributed by atoms with van der Waals surface area (Å²) in [6.45, 7) is 8.36. The Morgan fingerprint density at radius 3 is 2.73 bits per heavy atom. The second-order valence-electron chi connectivity index (χ2n) is 5.62. The molecule has 0 aromatic carbocycles. The smallest absolute Gasteiger partial charge is 0.0806 e. The van der Waals surface area contributed by atoms with Crippen LogP contribution < -0.4 is 5.73 Å². The van der Waals surface area contributed by atoms with Crippen LogP contribution in [0.4, 0.5) is 0 Å². The SMILES string of the molecule is CC(C)CCOC1(CN)CCCC(C)C1. The van der Waals surface area contributed by atoms with E-state index in [-0.39, 0.29) is 5.60 Å². The highest BCUT2D eigenvalue weighted by Crippen LogP contribution is 2.34. The Kier molecular flexibility index (Phi) is 5.07. The van der Waals surface area contributed by atoms with E-state index in [1.807, 2.05) is 0 Å². The average Bonchev–Trinajstić information content (AvgIpc) is 2.17. The first-order valence-electron chi connectivity index (χ1n) is 6.42. The third-order valence-electron chi connectivity index (χ3n) is 3.53. The highest BCUT2D eigenvalue weighted by atomic mass is 16.5. The van der Waals surface area contributed by atoms with Crippen LogP contribution in [0, 0.1) is 11.8 Å². The molecular weight excluding hydrogens is 186 g/mol. The monoisotopic (exact) mass is 213 g/mol. The van der Waals surface area contributed by atoms with Crippen LogP contribution in [0.1, 0.15) is 52.9 Å². The fraction of sp³-hybridized carbons (Fsp3) is 1.00. The largest absolute Gasteiger partial charge is 0.374 e. The van der Waals surface area contributed by atoms with E-state index in [0.717, 1.165) is 37.7 Å². The third kappa shape index (κ3) is 4.12. The minimum Gasteiger partial charge on any atom is -0.374 e. The van der Waals surface area contributed by atoms with Gasteiger partial charge >= 0.3 is 0 Å². The molecule has 2 atom stereocenters. The number of nitrogens with two attached hydrogens (primary N) is 1. The Labute approximate surface area is 94.6 Å². The van der Waals surface area contributed by atoms with Crippen molar-refractivity contribution in [3.63, 3.8) is 0 Å². The molecule has 0 radical (unpaired) electrons. The normalized spacial score (nSPS) is 32.2. The molecule has 0 heterocycles. The van der Waals surface area contributed by atoms with Crippen molar-refractivity contribution in [1.29, 1.82) is 0 Å². The van der Waals surface area contributed by atoms with Gasteiger partial charge in [-0.15, -0.1) is 0 Å². The molecule has 0 amide bonds. The standard InChI is InChI=1S/C13H27NO/c1-11(2)6-8-15-13(10-14)7-4-5-12(3)9-13/h11-12H,4-10,14H2,1-3H3. The maximum atomic E-state index is 6.08. The van der Waals surface area contributed by atoms with E-state index in [2.05, 4.69) is 20.8 Å². The van der Waals surface area contributed by atoms with Crippen molar-refractivity contribution in [2.24, 2.45) is 17.6 Å². The van der Waals surface area contributed by atoms with Crippen LogP contribution in [0.2, 0.25) is 0 Å². The summed E-state index contributed by atoms with van der Waals surface area (Å²) in [5.41, 5.74) is 5.90. The molecule has 2 N–H and O–H groups in total. The predicted molar refractivity (Wildman–Crippen MR) is 64.8 cm³/mol. The lowest BCUT2D eigenvalue weighted by atomic mass is 9.79. The first-order chi connectivity index (χ1) is 7.08. The van der Waals surface area contributed by atoms with Gasteiger partial charge in [0.05, 0.1) is 5.60 Å². The van der Waals surface area contributed by atoms with Gasteiger partial charge in [0.1, 0.15) is 0 Å². The van der Waals surface area contributed by atoms with Crippen LogP contribution in [0.5, 0.6) is 0 Å². The summed E-state index contributed by atoms with van der Waals surface area (Å²) in [6, 6.07) is 0. The molecule has 0 saturated heterocycles. The van der Waals surface area contributed by atoms with Crippen LogP contribution in [0.15, 0.2) is 0 Å². The molecule has 0 aromatic heterocycles. The van der Waals surface area contributed by atoms with E-state index in [1.165, 1.54) is 12.8 Å². The third-order valence-corrected chi connectivity index (χ3v) is 3.53. The topological polar surface area (TPSA) is 35.2 Å². The van der Waals surface area contributed by atoms with E-state index in [9.17, 15) is 0 Å². The summed E-state index contributed by atoms with van der Waals surface area (Å²) >= 11 is 0. The molecule has 1 fully saturated rings. The highest BCUT2D eigenvalue weighted by Gasteiger charge is 2.34. The fourth-order valence-corrected chi connectivity index (χ4v) is 2.50. The minimum absolute atomic E-state index is 0.00650. The lowest BCUT2D eigenvalue weighted by Crippen LogP contribution is -2.44. The van der Waals surface area contributed by atoms with Gasteiger partial charge in [0, 0.05) is 13.2 Å². The fourth-order valence-electron chi connectivity index (χ4n) is 2.50. The zero-order valence-corrected chi connectivity index (χ0v) is 10.6. The van der Waals surface area contributed by atoms with E-state index < -0.39 is 0 Å². The summed E-state index contributed by atoms with van der Waals surface area (Å²) in [5.74, 6) is 1.50. The van der Waals surface area contributed by atoms with Gasteiger partial charge < -0.3 is 10.5 Å².